The maximum absolute atomic E-state index is 12.4. The highest BCUT2D eigenvalue weighted by molar-refractivity contribution is 7.99. The van der Waals surface area contributed by atoms with Gasteiger partial charge in [0.1, 0.15) is 5.82 Å². The van der Waals surface area contributed by atoms with Crippen LogP contribution in [0.1, 0.15) is 23.9 Å². The van der Waals surface area contributed by atoms with Gasteiger partial charge in [-0.1, -0.05) is 47.1 Å². The van der Waals surface area contributed by atoms with Gasteiger partial charge in [-0.25, -0.2) is 0 Å². The molecule has 33 heavy (non-hydrogen) atoms. The molecule has 0 unspecified atom stereocenters. The number of carbonyl (C=O) groups is 1. The Morgan fingerprint density at radius 1 is 1.15 bits per heavy atom. The van der Waals surface area contributed by atoms with Crippen LogP contribution in [-0.2, 0) is 22.8 Å². The van der Waals surface area contributed by atoms with E-state index in [4.69, 9.17) is 23.2 Å². The van der Waals surface area contributed by atoms with Gasteiger partial charge in [-0.05, 0) is 37.1 Å². The average Bonchev–Trinajstić information content (AvgIpc) is 3.17. The minimum atomic E-state index is -0.491. The number of nitrogens with one attached hydrogen (secondary N) is 1. The molecule has 2 aromatic carbocycles. The normalized spacial score (nSPS) is 10.9. The average molecular weight is 526 g/mol. The highest BCUT2D eigenvalue weighted by Gasteiger charge is 2.15. The molecule has 3 aromatic rings. The number of thioether (sulfide) groups is 2. The molecule has 1 N–H and O–H groups in total. The Hall–Kier alpha value is -2.27. The van der Waals surface area contributed by atoms with Crippen LogP contribution in [0.4, 0.5) is 11.4 Å². The van der Waals surface area contributed by atoms with Crippen molar-refractivity contribution >= 4 is 64.0 Å². The van der Waals surface area contributed by atoms with E-state index in [0.29, 0.717) is 33.2 Å². The monoisotopic (exact) mass is 525 g/mol. The molecule has 3 rings (SSSR count). The Bertz CT molecular complexity index is 1170. The molecule has 0 fully saturated rings. The number of benzene rings is 2. The van der Waals surface area contributed by atoms with Gasteiger partial charge in [-0.3, -0.25) is 14.9 Å². The van der Waals surface area contributed by atoms with E-state index in [1.54, 1.807) is 30.8 Å². The second-order valence-electron chi connectivity index (χ2n) is 6.98. The number of nitro benzene ring substituents is 1. The fourth-order valence-electron chi connectivity index (χ4n) is 2.91. The van der Waals surface area contributed by atoms with Crippen LogP contribution < -0.4 is 5.32 Å². The van der Waals surface area contributed by atoms with Crippen LogP contribution in [0.25, 0.3) is 0 Å². The Morgan fingerprint density at radius 3 is 2.64 bits per heavy atom. The van der Waals surface area contributed by atoms with E-state index in [9.17, 15) is 14.9 Å². The number of amides is 1. The first-order valence-electron chi connectivity index (χ1n) is 9.90. The van der Waals surface area contributed by atoms with E-state index in [1.807, 2.05) is 23.6 Å². The Balaban J connectivity index is 1.56. The third-order valence-electron chi connectivity index (χ3n) is 4.63. The molecular formula is C21H21Cl2N5O3S2. The minimum Gasteiger partial charge on any atom is -0.325 e. The first kappa shape index (κ1) is 25.4. The predicted octanol–water partition coefficient (Wildman–Crippen LogP) is 5.99. The lowest BCUT2D eigenvalue weighted by molar-refractivity contribution is -0.384. The first-order valence-corrected chi connectivity index (χ1v) is 12.8. The number of non-ortho nitro benzene ring substituents is 1. The summed E-state index contributed by atoms with van der Waals surface area (Å²) in [6, 6.07) is 9.94. The summed E-state index contributed by atoms with van der Waals surface area (Å²) in [5.74, 6) is 2.06. The molecule has 174 valence electrons. The first-order chi connectivity index (χ1) is 15.8. The summed E-state index contributed by atoms with van der Waals surface area (Å²) in [6.07, 6.45) is 0. The number of hydrogen-bond acceptors (Lipinski definition) is 7. The van der Waals surface area contributed by atoms with E-state index < -0.39 is 4.92 Å². The number of nitro groups is 1. The fraction of sp³-hybridized carbons (Fsp3) is 0.286. The number of anilines is 1. The van der Waals surface area contributed by atoms with Crippen LogP contribution in [0, 0.1) is 17.0 Å². The second-order valence-corrected chi connectivity index (χ2v) is 9.72. The lowest BCUT2D eigenvalue weighted by Gasteiger charge is -2.09. The zero-order chi connectivity index (χ0) is 24.0. The van der Waals surface area contributed by atoms with Crippen molar-refractivity contribution in [1.29, 1.82) is 0 Å². The van der Waals surface area contributed by atoms with Crippen molar-refractivity contribution in [1.82, 2.24) is 14.8 Å². The van der Waals surface area contributed by atoms with Crippen molar-refractivity contribution in [3.05, 3.63) is 73.5 Å². The van der Waals surface area contributed by atoms with Crippen LogP contribution >= 0.6 is 46.7 Å². The number of rotatable bonds is 10. The number of hydrogen-bond donors (Lipinski definition) is 1. The van der Waals surface area contributed by atoms with Gasteiger partial charge in [0.2, 0.25) is 5.91 Å². The highest BCUT2D eigenvalue weighted by Crippen LogP contribution is 2.27. The Labute approximate surface area is 209 Å². The SMILES string of the molecule is CCn1c(CSCc2ccc(Cl)c(Cl)c2)nnc1SCC(=O)Nc1cc([N+](=O)[O-])ccc1C. The zero-order valence-electron chi connectivity index (χ0n) is 17.9. The molecule has 0 saturated heterocycles. The smallest absolute Gasteiger partial charge is 0.271 e. The third kappa shape index (κ3) is 6.86. The molecule has 1 aromatic heterocycles. The van der Waals surface area contributed by atoms with Crippen molar-refractivity contribution in [2.24, 2.45) is 0 Å². The van der Waals surface area contributed by atoms with Crippen molar-refractivity contribution in [3.8, 4) is 0 Å². The summed E-state index contributed by atoms with van der Waals surface area (Å²) < 4.78 is 1.97. The fourth-order valence-corrected chi connectivity index (χ4v) is 4.97. The van der Waals surface area contributed by atoms with Crippen molar-refractivity contribution in [3.63, 3.8) is 0 Å². The molecule has 0 saturated carbocycles. The molecule has 0 aliphatic carbocycles. The summed E-state index contributed by atoms with van der Waals surface area (Å²) in [7, 11) is 0. The number of nitrogens with zero attached hydrogens (tertiary/aromatic N) is 4. The molecule has 0 spiro atoms. The molecule has 0 radical (unpaired) electrons. The third-order valence-corrected chi connectivity index (χ3v) is 7.34. The molecule has 0 aliphatic heterocycles. The van der Waals surface area contributed by atoms with Crippen LogP contribution in [0.5, 0.6) is 0 Å². The lowest BCUT2D eigenvalue weighted by Crippen LogP contribution is -2.15. The standard InChI is InChI=1S/C21H21Cl2N5O3S2/c1-3-27-19(11-32-10-14-5-7-16(22)17(23)8-14)25-26-21(27)33-12-20(29)24-18-9-15(28(30)31)6-4-13(18)2/h4-9H,3,10-12H2,1-2H3,(H,24,29). The quantitative estimate of drug-likeness (QED) is 0.197. The summed E-state index contributed by atoms with van der Waals surface area (Å²) in [6.45, 7) is 4.44. The van der Waals surface area contributed by atoms with Gasteiger partial charge in [0.25, 0.3) is 5.69 Å². The van der Waals surface area contributed by atoms with Crippen LogP contribution in [0.3, 0.4) is 0 Å². The van der Waals surface area contributed by atoms with E-state index >= 15 is 0 Å². The van der Waals surface area contributed by atoms with E-state index in [2.05, 4.69) is 15.5 Å². The second kappa shape index (κ2) is 11.7. The minimum absolute atomic E-state index is 0.0720. The Kier molecular flexibility index (Phi) is 9.02. The molecule has 12 heteroatoms. The highest BCUT2D eigenvalue weighted by atomic mass is 35.5. The van der Waals surface area contributed by atoms with Crippen molar-refractivity contribution < 1.29 is 9.72 Å². The molecule has 0 aliphatic rings. The zero-order valence-corrected chi connectivity index (χ0v) is 21.0. The van der Waals surface area contributed by atoms with Crippen molar-refractivity contribution in [2.45, 2.75) is 37.1 Å². The summed E-state index contributed by atoms with van der Waals surface area (Å²) >= 11 is 15.0. The molecule has 1 amide bonds. The molecule has 0 bridgehead atoms. The van der Waals surface area contributed by atoms with Crippen LogP contribution in [0.2, 0.25) is 10.0 Å². The van der Waals surface area contributed by atoms with Gasteiger partial charge in [0.05, 0.1) is 32.2 Å². The van der Waals surface area contributed by atoms with Crippen LogP contribution in [-0.4, -0.2) is 31.3 Å². The van der Waals surface area contributed by atoms with Gasteiger partial charge >= 0.3 is 0 Å². The van der Waals surface area contributed by atoms with Gasteiger partial charge < -0.3 is 9.88 Å². The summed E-state index contributed by atoms with van der Waals surface area (Å²) in [5, 5.41) is 23.9. The van der Waals surface area contributed by atoms with E-state index in [-0.39, 0.29) is 17.3 Å². The number of aryl methyl sites for hydroxylation is 1. The van der Waals surface area contributed by atoms with Gasteiger partial charge in [0.15, 0.2) is 5.16 Å². The number of aromatic nitrogens is 3. The van der Waals surface area contributed by atoms with Crippen molar-refractivity contribution in [2.75, 3.05) is 11.1 Å². The topological polar surface area (TPSA) is 103 Å². The van der Waals surface area contributed by atoms with E-state index in [1.165, 1.54) is 23.9 Å². The molecular weight excluding hydrogens is 505 g/mol. The maximum Gasteiger partial charge on any atom is 0.271 e. The van der Waals surface area contributed by atoms with Gasteiger partial charge in [0, 0.05) is 24.4 Å². The summed E-state index contributed by atoms with van der Waals surface area (Å²) in [5.41, 5.74) is 2.17. The summed E-state index contributed by atoms with van der Waals surface area (Å²) in [4.78, 5) is 22.9. The van der Waals surface area contributed by atoms with Crippen LogP contribution in [0.15, 0.2) is 41.6 Å². The predicted molar refractivity (Wildman–Crippen MR) is 134 cm³/mol. The number of halogens is 2. The molecule has 8 nitrogen and oxygen atoms in total. The molecule has 1 heterocycles. The van der Waals surface area contributed by atoms with Gasteiger partial charge in [-0.2, -0.15) is 0 Å². The maximum atomic E-state index is 12.4. The van der Waals surface area contributed by atoms with Gasteiger partial charge in [-0.15, -0.1) is 22.0 Å². The van der Waals surface area contributed by atoms with E-state index in [0.717, 1.165) is 22.7 Å². The lowest BCUT2D eigenvalue weighted by atomic mass is 10.2. The Morgan fingerprint density at radius 2 is 1.94 bits per heavy atom. The molecule has 0 atom stereocenters. The number of carbonyl (C=O) groups excluding carboxylic acids is 1. The largest absolute Gasteiger partial charge is 0.325 e.